The Kier molecular flexibility index (Phi) is 4.44. The molecule has 0 aliphatic carbocycles. The summed E-state index contributed by atoms with van der Waals surface area (Å²) >= 11 is 1.37. The predicted octanol–water partition coefficient (Wildman–Crippen LogP) is 2.71. The average Bonchev–Trinajstić information content (AvgIpc) is 3.42. The number of aromatic nitrogens is 1. The molecule has 1 N–H and O–H groups in total. The Balaban J connectivity index is 1.26. The zero-order valence-corrected chi connectivity index (χ0v) is 16.1. The molecule has 148 valence electrons. The number of amides is 2. The highest BCUT2D eigenvalue weighted by atomic mass is 32.1. The zero-order valence-electron chi connectivity index (χ0n) is 15.3. The molecule has 3 aromatic rings. The summed E-state index contributed by atoms with van der Waals surface area (Å²) in [5.41, 5.74) is 0.903. The molecule has 1 atom stereocenters. The predicted molar refractivity (Wildman–Crippen MR) is 104 cm³/mol. The van der Waals surface area contributed by atoms with Gasteiger partial charge in [-0.05, 0) is 24.3 Å². The number of hydrogen-bond acceptors (Lipinski definition) is 7. The van der Waals surface area contributed by atoms with E-state index in [0.717, 1.165) is 10.6 Å². The van der Waals surface area contributed by atoms with Crippen LogP contribution in [0.3, 0.4) is 0 Å². The molecule has 0 saturated carbocycles. The molecular weight excluding hydrogens is 394 g/mol. The molecule has 0 bridgehead atoms. The number of fused-ring (bicyclic) bond motifs is 2. The summed E-state index contributed by atoms with van der Waals surface area (Å²) in [6.45, 7) is 1.17. The molecule has 2 aliphatic rings. The van der Waals surface area contributed by atoms with Crippen LogP contribution in [0.1, 0.15) is 21.1 Å². The fraction of sp³-hybridized carbons (Fsp3) is 0.250. The molecule has 2 amide bonds. The molecule has 0 fully saturated rings. The van der Waals surface area contributed by atoms with Gasteiger partial charge in [-0.1, -0.05) is 23.5 Å². The summed E-state index contributed by atoms with van der Waals surface area (Å²) in [5, 5.41) is 3.24. The first-order valence-corrected chi connectivity index (χ1v) is 10.00. The molecule has 0 saturated heterocycles. The van der Waals surface area contributed by atoms with Crippen molar-refractivity contribution >= 4 is 28.3 Å². The number of benzene rings is 1. The van der Waals surface area contributed by atoms with Crippen molar-refractivity contribution in [1.82, 2.24) is 9.88 Å². The quantitative estimate of drug-likeness (QED) is 0.712. The first kappa shape index (κ1) is 17.7. The van der Waals surface area contributed by atoms with Crippen LogP contribution in [0.2, 0.25) is 0 Å². The Bertz CT molecular complexity index is 1060. The van der Waals surface area contributed by atoms with E-state index in [4.69, 9.17) is 13.9 Å². The maximum absolute atomic E-state index is 12.9. The zero-order chi connectivity index (χ0) is 19.8. The van der Waals surface area contributed by atoms with E-state index in [1.807, 2.05) is 18.2 Å². The number of para-hydroxylation sites is 2. The van der Waals surface area contributed by atoms with Crippen LogP contribution in [0.25, 0.3) is 0 Å². The number of anilines is 1. The third-order valence-electron chi connectivity index (χ3n) is 4.79. The largest absolute Gasteiger partial charge is 0.485 e. The number of hydrogen-bond donors (Lipinski definition) is 1. The van der Waals surface area contributed by atoms with Crippen LogP contribution in [-0.2, 0) is 17.8 Å². The van der Waals surface area contributed by atoms with E-state index in [1.165, 1.54) is 17.6 Å². The second-order valence-corrected chi connectivity index (χ2v) is 7.78. The van der Waals surface area contributed by atoms with Crippen LogP contribution in [0.15, 0.2) is 47.1 Å². The third-order valence-corrected chi connectivity index (χ3v) is 5.79. The lowest BCUT2D eigenvalue weighted by molar-refractivity contribution is -0.142. The second kappa shape index (κ2) is 7.25. The number of nitrogens with one attached hydrogen (secondary N) is 1. The van der Waals surface area contributed by atoms with Crippen LogP contribution < -0.4 is 14.8 Å². The molecule has 2 aliphatic heterocycles. The summed E-state index contributed by atoms with van der Waals surface area (Å²) in [6, 6.07) is 10.6. The van der Waals surface area contributed by atoms with Gasteiger partial charge in [-0.3, -0.25) is 14.9 Å². The van der Waals surface area contributed by atoms with Crippen LogP contribution in [-0.4, -0.2) is 41.0 Å². The monoisotopic (exact) mass is 411 g/mol. The van der Waals surface area contributed by atoms with Gasteiger partial charge in [-0.2, -0.15) is 0 Å². The SMILES string of the molecule is O=C(Nc1nc2c(s1)CN(C(=O)[C@H]1COc3ccccc3O1)CC2)c1ccco1. The summed E-state index contributed by atoms with van der Waals surface area (Å²) < 4.78 is 16.6. The lowest BCUT2D eigenvalue weighted by Crippen LogP contribution is -2.47. The smallest absolute Gasteiger partial charge is 0.293 e. The molecule has 1 aromatic carbocycles. The highest BCUT2D eigenvalue weighted by molar-refractivity contribution is 7.15. The summed E-state index contributed by atoms with van der Waals surface area (Å²) in [5.74, 6) is 0.997. The fourth-order valence-electron chi connectivity index (χ4n) is 3.35. The number of rotatable bonds is 3. The van der Waals surface area contributed by atoms with E-state index in [-0.39, 0.29) is 24.2 Å². The van der Waals surface area contributed by atoms with Gasteiger partial charge in [-0.15, -0.1) is 0 Å². The molecule has 8 nitrogen and oxygen atoms in total. The van der Waals surface area contributed by atoms with Crippen molar-refractivity contribution in [3.05, 3.63) is 59.0 Å². The standard InChI is InChI=1S/C20H17N3O5S/c24-18(15-6-3-9-26-15)22-20-21-12-7-8-23(10-17(12)29-20)19(25)16-11-27-13-4-1-2-5-14(13)28-16/h1-6,9,16H,7-8,10-11H2,(H,21,22,24)/t16-/m1/s1. The van der Waals surface area contributed by atoms with Crippen molar-refractivity contribution in [2.45, 2.75) is 19.1 Å². The fourth-order valence-corrected chi connectivity index (χ4v) is 4.37. The molecular formula is C20H17N3O5S. The van der Waals surface area contributed by atoms with Gasteiger partial charge in [0.2, 0.25) is 6.10 Å². The van der Waals surface area contributed by atoms with Gasteiger partial charge in [0, 0.05) is 17.8 Å². The minimum Gasteiger partial charge on any atom is -0.485 e. The lowest BCUT2D eigenvalue weighted by atomic mass is 10.1. The minimum absolute atomic E-state index is 0.111. The molecule has 2 aromatic heterocycles. The van der Waals surface area contributed by atoms with Gasteiger partial charge < -0.3 is 18.8 Å². The molecule has 29 heavy (non-hydrogen) atoms. The highest BCUT2D eigenvalue weighted by Crippen LogP contribution is 2.33. The van der Waals surface area contributed by atoms with Gasteiger partial charge in [0.1, 0.15) is 6.61 Å². The molecule has 0 radical (unpaired) electrons. The summed E-state index contributed by atoms with van der Waals surface area (Å²) in [6.07, 6.45) is 1.40. The van der Waals surface area contributed by atoms with Crippen molar-refractivity contribution < 1.29 is 23.5 Å². The molecule has 4 heterocycles. The average molecular weight is 411 g/mol. The Morgan fingerprint density at radius 1 is 1.17 bits per heavy atom. The van der Waals surface area contributed by atoms with Gasteiger partial charge in [-0.25, -0.2) is 4.98 Å². The van der Waals surface area contributed by atoms with E-state index in [9.17, 15) is 9.59 Å². The van der Waals surface area contributed by atoms with Gasteiger partial charge in [0.15, 0.2) is 22.4 Å². The first-order valence-electron chi connectivity index (χ1n) is 9.18. The van der Waals surface area contributed by atoms with E-state index >= 15 is 0 Å². The van der Waals surface area contributed by atoms with Crippen molar-refractivity contribution in [2.24, 2.45) is 0 Å². The van der Waals surface area contributed by atoms with Gasteiger partial charge >= 0.3 is 0 Å². The lowest BCUT2D eigenvalue weighted by Gasteiger charge is -2.32. The van der Waals surface area contributed by atoms with E-state index in [0.29, 0.717) is 36.1 Å². The molecule has 0 unspecified atom stereocenters. The highest BCUT2D eigenvalue weighted by Gasteiger charge is 2.33. The van der Waals surface area contributed by atoms with Crippen molar-refractivity contribution in [3.63, 3.8) is 0 Å². The number of nitrogens with zero attached hydrogens (tertiary/aromatic N) is 2. The number of furan rings is 1. The van der Waals surface area contributed by atoms with E-state index in [1.54, 1.807) is 23.1 Å². The number of ether oxygens (including phenoxy) is 2. The second-order valence-electron chi connectivity index (χ2n) is 6.69. The third kappa shape index (κ3) is 3.44. The maximum atomic E-state index is 12.9. The topological polar surface area (TPSA) is 93.9 Å². The van der Waals surface area contributed by atoms with Crippen molar-refractivity contribution in [2.75, 3.05) is 18.5 Å². The van der Waals surface area contributed by atoms with Crippen LogP contribution in [0.4, 0.5) is 5.13 Å². The van der Waals surface area contributed by atoms with Gasteiger partial charge in [0.05, 0.1) is 18.5 Å². The maximum Gasteiger partial charge on any atom is 0.293 e. The van der Waals surface area contributed by atoms with Crippen molar-refractivity contribution in [1.29, 1.82) is 0 Å². The van der Waals surface area contributed by atoms with Crippen molar-refractivity contribution in [3.8, 4) is 11.5 Å². The molecule has 5 rings (SSSR count). The van der Waals surface area contributed by atoms with Crippen LogP contribution in [0.5, 0.6) is 11.5 Å². The number of carbonyl (C=O) groups excluding carboxylic acids is 2. The number of carbonyl (C=O) groups is 2. The Hall–Kier alpha value is -3.33. The normalized spacial score (nSPS) is 17.5. The molecule has 0 spiro atoms. The number of thiazole rings is 1. The Morgan fingerprint density at radius 3 is 2.86 bits per heavy atom. The molecule has 9 heteroatoms. The Labute approximate surface area is 170 Å². The van der Waals surface area contributed by atoms with Crippen LogP contribution in [0, 0.1) is 0 Å². The summed E-state index contributed by atoms with van der Waals surface area (Å²) in [7, 11) is 0. The van der Waals surface area contributed by atoms with E-state index < -0.39 is 6.10 Å². The summed E-state index contributed by atoms with van der Waals surface area (Å²) in [4.78, 5) is 32.3. The van der Waals surface area contributed by atoms with Gasteiger partial charge in [0.25, 0.3) is 11.8 Å². The first-order chi connectivity index (χ1) is 14.2. The van der Waals surface area contributed by atoms with E-state index in [2.05, 4.69) is 10.3 Å². The minimum atomic E-state index is -0.669. The van der Waals surface area contributed by atoms with Crippen LogP contribution >= 0.6 is 11.3 Å². The Morgan fingerprint density at radius 2 is 2.03 bits per heavy atom.